The highest BCUT2D eigenvalue weighted by molar-refractivity contribution is 6.30. The molecule has 3 heterocycles. The van der Waals surface area contributed by atoms with E-state index in [2.05, 4.69) is 63.2 Å². The minimum absolute atomic E-state index is 0.0465. The Kier molecular flexibility index (Phi) is 9.04. The van der Waals surface area contributed by atoms with Gasteiger partial charge in [0.05, 0.1) is 12.1 Å². The molecule has 3 aromatic rings. The van der Waals surface area contributed by atoms with Crippen LogP contribution >= 0.6 is 34.8 Å². The molecule has 39 heavy (non-hydrogen) atoms. The molecular weight excluding hydrogens is 555 g/mol. The zero-order valence-corrected chi connectivity index (χ0v) is 24.6. The number of hydrogen-bond acceptors (Lipinski definition) is 7. The first kappa shape index (κ1) is 28.2. The molecule has 3 atom stereocenters. The predicted molar refractivity (Wildman–Crippen MR) is 161 cm³/mol. The van der Waals surface area contributed by atoms with Gasteiger partial charge in [-0.15, -0.1) is 0 Å². The second-order valence-corrected chi connectivity index (χ2v) is 11.6. The van der Waals surface area contributed by atoms with E-state index in [0.717, 1.165) is 60.5 Å². The van der Waals surface area contributed by atoms with Crippen LogP contribution in [0.4, 0.5) is 17.3 Å². The van der Waals surface area contributed by atoms with Crippen molar-refractivity contribution in [2.75, 3.05) is 42.2 Å². The van der Waals surface area contributed by atoms with Crippen molar-refractivity contribution in [2.45, 2.75) is 57.3 Å². The van der Waals surface area contributed by atoms with Crippen LogP contribution in [0.25, 0.3) is 0 Å². The minimum Gasteiger partial charge on any atom is -0.382 e. The molecule has 208 valence electrons. The van der Waals surface area contributed by atoms with Crippen LogP contribution in [0.2, 0.25) is 15.3 Å². The van der Waals surface area contributed by atoms with Gasteiger partial charge in [-0.3, -0.25) is 4.90 Å². The average molecular weight is 590 g/mol. The van der Waals surface area contributed by atoms with Gasteiger partial charge >= 0.3 is 0 Å². The molecule has 2 aromatic carbocycles. The van der Waals surface area contributed by atoms with Crippen molar-refractivity contribution < 1.29 is 4.74 Å². The van der Waals surface area contributed by atoms with Crippen LogP contribution in [-0.2, 0) is 4.74 Å². The first-order chi connectivity index (χ1) is 18.8. The SMILES string of the molecule is CC[C@@H]1CN(c2nc(Cl)nc(N)c2NC[C@H]2CCCO2)[C@@H](C)CN1C(c1ccc(Cl)cc1)c1ccc(Cl)cc1. The number of halogens is 3. The second kappa shape index (κ2) is 12.5. The highest BCUT2D eigenvalue weighted by Crippen LogP contribution is 2.39. The van der Waals surface area contributed by atoms with E-state index in [9.17, 15) is 0 Å². The number of ether oxygens (including phenoxy) is 1. The van der Waals surface area contributed by atoms with Crippen LogP contribution in [-0.4, -0.2) is 59.3 Å². The molecule has 1 aromatic heterocycles. The number of nitrogens with one attached hydrogen (secondary N) is 1. The summed E-state index contributed by atoms with van der Waals surface area (Å²) in [6, 6.07) is 16.7. The summed E-state index contributed by atoms with van der Waals surface area (Å²) in [5.41, 5.74) is 9.48. The standard InChI is InChI=1S/C29H35Cl3N6O/c1-3-23-17-37(28-25(27(33)35-29(32)36-28)34-15-24-5-4-14-39-24)18(2)16-38(23)26(19-6-10-21(30)11-7-19)20-8-12-22(31)13-9-20/h6-13,18,23-24,26,34H,3-5,14-17H2,1-2H3,(H2,33,35,36)/t18-,23+,24+/m0/s1. The monoisotopic (exact) mass is 588 g/mol. The van der Waals surface area contributed by atoms with E-state index < -0.39 is 0 Å². The molecule has 5 rings (SSSR count). The third kappa shape index (κ3) is 6.39. The van der Waals surface area contributed by atoms with E-state index in [1.165, 1.54) is 11.1 Å². The van der Waals surface area contributed by atoms with Gasteiger partial charge in [0, 0.05) is 48.4 Å². The van der Waals surface area contributed by atoms with E-state index in [1.54, 1.807) is 0 Å². The molecule has 0 bridgehead atoms. The fourth-order valence-electron chi connectivity index (χ4n) is 5.74. The van der Waals surface area contributed by atoms with Gasteiger partial charge in [0.15, 0.2) is 11.6 Å². The Balaban J connectivity index is 1.46. The van der Waals surface area contributed by atoms with Gasteiger partial charge in [0.1, 0.15) is 5.69 Å². The molecule has 0 spiro atoms. The fraction of sp³-hybridized carbons (Fsp3) is 0.448. The van der Waals surface area contributed by atoms with Gasteiger partial charge in [-0.1, -0.05) is 54.4 Å². The van der Waals surface area contributed by atoms with Crippen LogP contribution in [0.15, 0.2) is 48.5 Å². The maximum Gasteiger partial charge on any atom is 0.226 e. The molecule has 0 unspecified atom stereocenters. The molecule has 7 nitrogen and oxygen atoms in total. The Hall–Kier alpha value is -2.29. The number of nitrogens with zero attached hydrogens (tertiary/aromatic N) is 4. The van der Waals surface area contributed by atoms with E-state index in [4.69, 9.17) is 45.3 Å². The summed E-state index contributed by atoms with van der Waals surface area (Å²) in [7, 11) is 0. The van der Waals surface area contributed by atoms with Gasteiger partial charge < -0.3 is 20.7 Å². The Bertz CT molecular complexity index is 1210. The van der Waals surface area contributed by atoms with Crippen LogP contribution in [0.5, 0.6) is 0 Å². The third-order valence-corrected chi connectivity index (χ3v) is 8.42. The summed E-state index contributed by atoms with van der Waals surface area (Å²) in [6.07, 6.45) is 3.21. The van der Waals surface area contributed by atoms with Gasteiger partial charge in [-0.25, -0.2) is 0 Å². The van der Waals surface area contributed by atoms with Crippen molar-refractivity contribution >= 4 is 52.1 Å². The Labute approximate surface area is 245 Å². The number of piperazine rings is 1. The van der Waals surface area contributed by atoms with E-state index in [-0.39, 0.29) is 29.5 Å². The molecule has 10 heteroatoms. The first-order valence-electron chi connectivity index (χ1n) is 13.6. The molecule has 0 amide bonds. The predicted octanol–water partition coefficient (Wildman–Crippen LogP) is 6.69. The summed E-state index contributed by atoms with van der Waals surface area (Å²) in [5, 5.41) is 5.07. The number of nitrogen functional groups attached to an aromatic ring is 1. The Morgan fingerprint density at radius 3 is 2.21 bits per heavy atom. The van der Waals surface area contributed by atoms with Crippen molar-refractivity contribution in [3.05, 3.63) is 75.0 Å². The molecule has 0 aliphatic carbocycles. The molecule has 2 fully saturated rings. The van der Waals surface area contributed by atoms with Gasteiger partial charge in [0.25, 0.3) is 0 Å². The van der Waals surface area contributed by atoms with Crippen LogP contribution < -0.4 is 16.0 Å². The van der Waals surface area contributed by atoms with Crippen LogP contribution in [0.3, 0.4) is 0 Å². The quantitative estimate of drug-likeness (QED) is 0.283. The number of rotatable bonds is 8. The van der Waals surface area contributed by atoms with Crippen molar-refractivity contribution in [3.8, 4) is 0 Å². The number of anilines is 3. The van der Waals surface area contributed by atoms with E-state index >= 15 is 0 Å². The topological polar surface area (TPSA) is 79.5 Å². The molecular formula is C29H35Cl3N6O. The lowest BCUT2D eigenvalue weighted by Gasteiger charge is -2.49. The Morgan fingerprint density at radius 1 is 1.00 bits per heavy atom. The molecule has 0 radical (unpaired) electrons. The molecule has 0 saturated carbocycles. The largest absolute Gasteiger partial charge is 0.382 e. The fourth-order valence-corrected chi connectivity index (χ4v) is 6.17. The summed E-state index contributed by atoms with van der Waals surface area (Å²) in [5.74, 6) is 1.09. The normalized spacial score (nSPS) is 22.0. The van der Waals surface area contributed by atoms with Crippen molar-refractivity contribution in [1.82, 2.24) is 14.9 Å². The number of benzene rings is 2. The lowest BCUT2D eigenvalue weighted by atomic mass is 9.92. The smallest absolute Gasteiger partial charge is 0.226 e. The highest BCUT2D eigenvalue weighted by Gasteiger charge is 2.38. The van der Waals surface area contributed by atoms with Crippen molar-refractivity contribution in [1.29, 1.82) is 0 Å². The maximum atomic E-state index is 6.38. The summed E-state index contributed by atoms with van der Waals surface area (Å²) < 4.78 is 5.81. The molecule has 3 N–H and O–H groups in total. The molecule has 2 aliphatic rings. The first-order valence-corrected chi connectivity index (χ1v) is 14.7. The van der Waals surface area contributed by atoms with Crippen molar-refractivity contribution in [3.63, 3.8) is 0 Å². The van der Waals surface area contributed by atoms with Gasteiger partial charge in [0.2, 0.25) is 5.28 Å². The minimum atomic E-state index is 0.0465. The number of hydrogen-bond donors (Lipinski definition) is 2. The van der Waals surface area contributed by atoms with Gasteiger partial charge in [-0.2, -0.15) is 9.97 Å². The zero-order chi connectivity index (χ0) is 27.5. The third-order valence-electron chi connectivity index (χ3n) is 7.75. The molecule has 2 aliphatic heterocycles. The average Bonchev–Trinajstić information content (AvgIpc) is 3.44. The highest BCUT2D eigenvalue weighted by atomic mass is 35.5. The molecule has 2 saturated heterocycles. The van der Waals surface area contributed by atoms with E-state index in [0.29, 0.717) is 12.4 Å². The summed E-state index contributed by atoms with van der Waals surface area (Å²) in [4.78, 5) is 13.8. The summed E-state index contributed by atoms with van der Waals surface area (Å²) in [6.45, 7) is 7.46. The zero-order valence-electron chi connectivity index (χ0n) is 22.3. The maximum absolute atomic E-state index is 6.38. The Morgan fingerprint density at radius 2 is 1.64 bits per heavy atom. The lowest BCUT2D eigenvalue weighted by Crippen LogP contribution is -2.58. The number of nitrogens with two attached hydrogens (primary N) is 1. The second-order valence-electron chi connectivity index (χ2n) is 10.4. The summed E-state index contributed by atoms with van der Waals surface area (Å²) >= 11 is 18.9. The lowest BCUT2D eigenvalue weighted by molar-refractivity contribution is 0.115. The van der Waals surface area contributed by atoms with E-state index in [1.807, 2.05) is 24.3 Å². The van der Waals surface area contributed by atoms with Crippen LogP contribution in [0.1, 0.15) is 50.3 Å². The van der Waals surface area contributed by atoms with Crippen LogP contribution in [0, 0.1) is 0 Å². The number of aromatic nitrogens is 2. The van der Waals surface area contributed by atoms with Gasteiger partial charge in [-0.05, 0) is 73.2 Å². The van der Waals surface area contributed by atoms with Crippen molar-refractivity contribution in [2.24, 2.45) is 0 Å².